The number of carbonyl (C=O) groups is 1. The van der Waals surface area contributed by atoms with Crippen LogP contribution in [0.3, 0.4) is 0 Å². The topological polar surface area (TPSA) is 68.2 Å². The van der Waals surface area contributed by atoms with Crippen LogP contribution in [-0.4, -0.2) is 48.0 Å². The molecular formula is C14H24N4O2. The first kappa shape index (κ1) is 15.0. The van der Waals surface area contributed by atoms with E-state index in [-0.39, 0.29) is 17.9 Å². The first-order chi connectivity index (χ1) is 9.81. The van der Waals surface area contributed by atoms with Gasteiger partial charge in [-0.15, -0.1) is 0 Å². The van der Waals surface area contributed by atoms with Gasteiger partial charge in [0.05, 0.1) is 19.1 Å². The standard InChI is InChI=1S/C14H24N4O2/c1-2-5-15-13-11-20-10-12(13)14(19)16-6-3-8-18-9-4-7-17-18/h4,7,9,12-13,15H,2-3,5-6,8,10-11H2,1H3,(H,16,19). The number of rotatable bonds is 8. The molecule has 0 aliphatic carbocycles. The summed E-state index contributed by atoms with van der Waals surface area (Å²) < 4.78 is 7.29. The lowest BCUT2D eigenvalue weighted by molar-refractivity contribution is -0.125. The predicted molar refractivity (Wildman–Crippen MR) is 76.2 cm³/mol. The maximum atomic E-state index is 12.1. The molecule has 2 unspecified atom stereocenters. The lowest BCUT2D eigenvalue weighted by Gasteiger charge is -2.18. The van der Waals surface area contributed by atoms with E-state index in [9.17, 15) is 4.79 Å². The number of hydrogen-bond acceptors (Lipinski definition) is 4. The van der Waals surface area contributed by atoms with Gasteiger partial charge in [-0.25, -0.2) is 0 Å². The average molecular weight is 280 g/mol. The number of nitrogens with zero attached hydrogens (tertiary/aromatic N) is 2. The van der Waals surface area contributed by atoms with Gasteiger partial charge in [-0.1, -0.05) is 6.92 Å². The Morgan fingerprint density at radius 3 is 3.10 bits per heavy atom. The quantitative estimate of drug-likeness (QED) is 0.677. The van der Waals surface area contributed by atoms with Crippen molar-refractivity contribution in [3.63, 3.8) is 0 Å². The van der Waals surface area contributed by atoms with Crippen molar-refractivity contribution in [3.8, 4) is 0 Å². The van der Waals surface area contributed by atoms with Gasteiger partial charge in [-0.2, -0.15) is 5.10 Å². The fourth-order valence-electron chi connectivity index (χ4n) is 2.36. The van der Waals surface area contributed by atoms with Gasteiger partial charge in [0.2, 0.25) is 5.91 Å². The number of aromatic nitrogens is 2. The summed E-state index contributed by atoms with van der Waals surface area (Å²) in [6.45, 7) is 5.70. The predicted octanol–water partition coefficient (Wildman–Crippen LogP) is 0.404. The summed E-state index contributed by atoms with van der Waals surface area (Å²) in [4.78, 5) is 12.1. The molecule has 0 bridgehead atoms. The normalized spacial score (nSPS) is 22.1. The molecule has 2 N–H and O–H groups in total. The summed E-state index contributed by atoms with van der Waals surface area (Å²) in [5, 5.41) is 10.5. The van der Waals surface area contributed by atoms with Crippen molar-refractivity contribution in [1.82, 2.24) is 20.4 Å². The molecule has 2 rings (SSSR count). The summed E-state index contributed by atoms with van der Waals surface area (Å²) >= 11 is 0. The first-order valence-corrected chi connectivity index (χ1v) is 7.37. The molecule has 2 atom stereocenters. The molecule has 6 heteroatoms. The van der Waals surface area contributed by atoms with Crippen molar-refractivity contribution in [2.75, 3.05) is 26.3 Å². The van der Waals surface area contributed by atoms with Gasteiger partial charge in [0.15, 0.2) is 0 Å². The minimum Gasteiger partial charge on any atom is -0.379 e. The molecule has 1 amide bonds. The van der Waals surface area contributed by atoms with Crippen LogP contribution >= 0.6 is 0 Å². The van der Waals surface area contributed by atoms with E-state index in [0.29, 0.717) is 19.8 Å². The maximum absolute atomic E-state index is 12.1. The van der Waals surface area contributed by atoms with E-state index in [1.54, 1.807) is 6.20 Å². The van der Waals surface area contributed by atoms with Crippen LogP contribution in [0.4, 0.5) is 0 Å². The van der Waals surface area contributed by atoms with Crippen molar-refractivity contribution in [3.05, 3.63) is 18.5 Å². The second-order valence-electron chi connectivity index (χ2n) is 5.12. The van der Waals surface area contributed by atoms with Crippen molar-refractivity contribution in [2.45, 2.75) is 32.4 Å². The first-order valence-electron chi connectivity index (χ1n) is 7.37. The molecule has 6 nitrogen and oxygen atoms in total. The van der Waals surface area contributed by atoms with E-state index in [1.807, 2.05) is 16.9 Å². The molecule has 1 aromatic heterocycles. The average Bonchev–Trinajstić information content (AvgIpc) is 3.12. The fourth-order valence-corrected chi connectivity index (χ4v) is 2.36. The number of carbonyl (C=O) groups excluding carboxylic acids is 1. The Balaban J connectivity index is 1.65. The summed E-state index contributed by atoms with van der Waals surface area (Å²) in [6.07, 6.45) is 5.64. The van der Waals surface area contributed by atoms with Crippen molar-refractivity contribution in [1.29, 1.82) is 0 Å². The van der Waals surface area contributed by atoms with Gasteiger partial charge < -0.3 is 15.4 Å². The minimum absolute atomic E-state index is 0.0637. The van der Waals surface area contributed by atoms with E-state index < -0.39 is 0 Å². The third-order valence-electron chi connectivity index (χ3n) is 3.50. The minimum atomic E-state index is -0.0637. The van der Waals surface area contributed by atoms with Crippen molar-refractivity contribution < 1.29 is 9.53 Å². The Morgan fingerprint density at radius 2 is 2.35 bits per heavy atom. The monoisotopic (exact) mass is 280 g/mol. The van der Waals surface area contributed by atoms with E-state index >= 15 is 0 Å². The zero-order chi connectivity index (χ0) is 14.2. The lowest BCUT2D eigenvalue weighted by atomic mass is 10.0. The molecule has 1 saturated heterocycles. The third kappa shape index (κ3) is 4.31. The molecule has 1 aliphatic rings. The van der Waals surface area contributed by atoms with Crippen LogP contribution in [0.15, 0.2) is 18.5 Å². The molecule has 112 valence electrons. The summed E-state index contributed by atoms with van der Waals surface area (Å²) in [7, 11) is 0. The number of ether oxygens (including phenoxy) is 1. The highest BCUT2D eigenvalue weighted by Gasteiger charge is 2.33. The smallest absolute Gasteiger partial charge is 0.227 e. The van der Waals surface area contributed by atoms with Gasteiger partial charge in [-0.05, 0) is 25.5 Å². The van der Waals surface area contributed by atoms with E-state index in [1.165, 1.54) is 0 Å². The molecule has 1 aromatic rings. The summed E-state index contributed by atoms with van der Waals surface area (Å²) in [5.74, 6) is 0.0304. The number of amides is 1. The van der Waals surface area contributed by atoms with Crippen molar-refractivity contribution >= 4 is 5.91 Å². The van der Waals surface area contributed by atoms with Crippen LogP contribution in [0.5, 0.6) is 0 Å². The van der Waals surface area contributed by atoms with Crippen LogP contribution in [0, 0.1) is 5.92 Å². The summed E-state index contributed by atoms with van der Waals surface area (Å²) in [6, 6.07) is 2.05. The SMILES string of the molecule is CCCNC1COCC1C(=O)NCCCn1cccn1. The number of aryl methyl sites for hydroxylation is 1. The Morgan fingerprint density at radius 1 is 1.45 bits per heavy atom. The van der Waals surface area contributed by atoms with Crippen LogP contribution in [0.2, 0.25) is 0 Å². The molecule has 20 heavy (non-hydrogen) atoms. The molecular weight excluding hydrogens is 256 g/mol. The van der Waals surface area contributed by atoms with Crippen LogP contribution in [-0.2, 0) is 16.1 Å². The molecule has 0 aromatic carbocycles. The largest absolute Gasteiger partial charge is 0.379 e. The second-order valence-corrected chi connectivity index (χ2v) is 5.12. The number of nitrogens with one attached hydrogen (secondary N) is 2. The van der Waals surface area contributed by atoms with Crippen LogP contribution in [0.1, 0.15) is 19.8 Å². The fraction of sp³-hybridized carbons (Fsp3) is 0.714. The van der Waals surface area contributed by atoms with Crippen LogP contribution in [0.25, 0.3) is 0 Å². The van der Waals surface area contributed by atoms with Gasteiger partial charge in [0.25, 0.3) is 0 Å². The highest BCUT2D eigenvalue weighted by Crippen LogP contribution is 2.13. The highest BCUT2D eigenvalue weighted by atomic mass is 16.5. The molecule has 1 aliphatic heterocycles. The lowest BCUT2D eigenvalue weighted by Crippen LogP contribution is -2.44. The molecule has 0 spiro atoms. The van der Waals surface area contributed by atoms with Gasteiger partial charge >= 0.3 is 0 Å². The zero-order valence-corrected chi connectivity index (χ0v) is 12.0. The van der Waals surface area contributed by atoms with E-state index in [0.717, 1.165) is 25.9 Å². The maximum Gasteiger partial charge on any atom is 0.227 e. The van der Waals surface area contributed by atoms with E-state index in [4.69, 9.17) is 4.74 Å². The van der Waals surface area contributed by atoms with Gasteiger partial charge in [0.1, 0.15) is 0 Å². The molecule has 0 saturated carbocycles. The third-order valence-corrected chi connectivity index (χ3v) is 3.50. The number of hydrogen-bond donors (Lipinski definition) is 2. The van der Waals surface area contributed by atoms with Crippen LogP contribution < -0.4 is 10.6 Å². The van der Waals surface area contributed by atoms with E-state index in [2.05, 4.69) is 22.7 Å². The molecule has 0 radical (unpaired) electrons. The summed E-state index contributed by atoms with van der Waals surface area (Å²) in [5.41, 5.74) is 0. The molecule has 2 heterocycles. The van der Waals surface area contributed by atoms with Gasteiger partial charge in [0, 0.05) is 31.5 Å². The van der Waals surface area contributed by atoms with Gasteiger partial charge in [-0.3, -0.25) is 9.48 Å². The molecule has 1 fully saturated rings. The Labute approximate surface area is 119 Å². The highest BCUT2D eigenvalue weighted by molar-refractivity contribution is 5.79. The second kappa shape index (κ2) is 8.01. The van der Waals surface area contributed by atoms with Crippen molar-refractivity contribution in [2.24, 2.45) is 5.92 Å². The Hall–Kier alpha value is -1.40. The Kier molecular flexibility index (Phi) is 6.01. The zero-order valence-electron chi connectivity index (χ0n) is 12.0. The Bertz CT molecular complexity index is 394.